The first-order valence-corrected chi connectivity index (χ1v) is 13.1. The standard InChI is InChI=1S/C28H40O4S/c1-4-5-6-7-8-12-15-24-25(17-16-22(29)18-23(30)19-26(31)32)27(20(2)3)33-28(24)21-13-10-9-11-14-21/h9-11,13-14,16-17,20,22-23,29-30H,4-8,12,15,18-19H2,1-3H3,(H,31,32)/p-1/b17-16+/t22-,23-/m1/s1. The second-order valence-corrected chi connectivity index (χ2v) is 10.2. The summed E-state index contributed by atoms with van der Waals surface area (Å²) >= 11 is 1.82. The lowest BCUT2D eigenvalue weighted by Crippen LogP contribution is -2.29. The third-order valence-corrected chi connectivity index (χ3v) is 7.42. The fourth-order valence-corrected chi connectivity index (χ4v) is 5.45. The molecule has 1 aromatic carbocycles. The molecule has 0 radical (unpaired) electrons. The molecule has 0 amide bonds. The number of carboxylic acid groups (broad SMARTS) is 1. The van der Waals surface area contributed by atoms with Crippen molar-refractivity contribution in [3.8, 4) is 10.4 Å². The van der Waals surface area contributed by atoms with Crippen molar-refractivity contribution in [1.82, 2.24) is 0 Å². The fourth-order valence-electron chi connectivity index (χ4n) is 4.10. The predicted molar refractivity (Wildman–Crippen MR) is 136 cm³/mol. The molecule has 4 nitrogen and oxygen atoms in total. The number of rotatable bonds is 15. The Labute approximate surface area is 203 Å². The van der Waals surface area contributed by atoms with Crippen LogP contribution in [0.1, 0.15) is 94.1 Å². The van der Waals surface area contributed by atoms with Crippen molar-refractivity contribution in [3.63, 3.8) is 0 Å². The molecule has 2 atom stereocenters. The van der Waals surface area contributed by atoms with Crippen molar-refractivity contribution in [2.45, 2.75) is 96.7 Å². The summed E-state index contributed by atoms with van der Waals surface area (Å²) in [6.45, 7) is 6.61. The van der Waals surface area contributed by atoms with Crippen molar-refractivity contribution >= 4 is 23.4 Å². The van der Waals surface area contributed by atoms with Crippen molar-refractivity contribution in [2.75, 3.05) is 0 Å². The van der Waals surface area contributed by atoms with Crippen LogP contribution < -0.4 is 5.11 Å². The van der Waals surface area contributed by atoms with E-state index in [1.807, 2.05) is 23.5 Å². The van der Waals surface area contributed by atoms with Crippen LogP contribution in [0.25, 0.3) is 16.5 Å². The summed E-state index contributed by atoms with van der Waals surface area (Å²) in [4.78, 5) is 13.3. The molecule has 0 saturated heterocycles. The van der Waals surface area contributed by atoms with Gasteiger partial charge in [0.2, 0.25) is 0 Å². The van der Waals surface area contributed by atoms with Gasteiger partial charge in [-0.1, -0.05) is 95.4 Å². The van der Waals surface area contributed by atoms with Crippen molar-refractivity contribution < 1.29 is 20.1 Å². The number of carbonyl (C=O) groups is 1. The van der Waals surface area contributed by atoms with Gasteiger partial charge in [0.05, 0.1) is 12.2 Å². The molecule has 33 heavy (non-hydrogen) atoms. The van der Waals surface area contributed by atoms with Gasteiger partial charge in [-0.15, -0.1) is 11.3 Å². The average molecular weight is 472 g/mol. The maximum absolute atomic E-state index is 10.7. The monoisotopic (exact) mass is 471 g/mol. The van der Waals surface area contributed by atoms with E-state index >= 15 is 0 Å². The normalized spacial score (nSPS) is 13.6. The molecule has 5 heteroatoms. The fraction of sp³-hybridized carbons (Fsp3) is 0.536. The quantitative estimate of drug-likeness (QED) is 0.326. The van der Waals surface area contributed by atoms with Gasteiger partial charge in [-0.2, -0.15) is 0 Å². The highest BCUT2D eigenvalue weighted by atomic mass is 32.1. The third kappa shape index (κ3) is 9.07. The summed E-state index contributed by atoms with van der Waals surface area (Å²) < 4.78 is 0. The lowest BCUT2D eigenvalue weighted by Gasteiger charge is -2.14. The van der Waals surface area contributed by atoms with Crippen molar-refractivity contribution in [3.05, 3.63) is 52.4 Å². The number of hydrogen-bond donors (Lipinski definition) is 2. The highest BCUT2D eigenvalue weighted by Gasteiger charge is 2.20. The topological polar surface area (TPSA) is 80.6 Å². The van der Waals surface area contributed by atoms with E-state index < -0.39 is 24.6 Å². The lowest BCUT2D eigenvalue weighted by molar-refractivity contribution is -0.307. The lowest BCUT2D eigenvalue weighted by atomic mass is 9.95. The summed E-state index contributed by atoms with van der Waals surface area (Å²) in [6.07, 6.45) is 9.54. The summed E-state index contributed by atoms with van der Waals surface area (Å²) in [7, 11) is 0. The molecule has 0 aliphatic rings. The highest BCUT2D eigenvalue weighted by Crippen LogP contribution is 2.42. The number of aliphatic hydroxyl groups excluding tert-OH is 2. The zero-order valence-corrected chi connectivity index (χ0v) is 21.1. The Balaban J connectivity index is 2.29. The maximum Gasteiger partial charge on any atom is 0.0748 e. The van der Waals surface area contributed by atoms with Crippen LogP contribution in [0.4, 0.5) is 0 Å². The van der Waals surface area contributed by atoms with Gasteiger partial charge in [-0.25, -0.2) is 0 Å². The summed E-state index contributed by atoms with van der Waals surface area (Å²) in [5, 5.41) is 30.9. The molecule has 0 bridgehead atoms. The Morgan fingerprint density at radius 2 is 1.73 bits per heavy atom. The molecule has 182 valence electrons. The second-order valence-electron chi connectivity index (χ2n) is 9.12. The number of carboxylic acids is 1. The first-order chi connectivity index (χ1) is 15.8. The van der Waals surface area contributed by atoms with Gasteiger partial charge in [-0.3, -0.25) is 0 Å². The molecule has 2 aromatic rings. The summed E-state index contributed by atoms with van der Waals surface area (Å²) in [5.41, 5.74) is 3.70. The van der Waals surface area contributed by atoms with Gasteiger partial charge in [0.15, 0.2) is 0 Å². The van der Waals surface area contributed by atoms with E-state index in [1.54, 1.807) is 6.08 Å². The van der Waals surface area contributed by atoms with Gasteiger partial charge in [0, 0.05) is 28.6 Å². The molecular formula is C28H39O4S-. The Kier molecular flexibility index (Phi) is 11.9. The zero-order valence-electron chi connectivity index (χ0n) is 20.3. The first kappa shape index (κ1) is 27.3. The van der Waals surface area contributed by atoms with E-state index in [-0.39, 0.29) is 6.42 Å². The minimum absolute atomic E-state index is 0.0239. The molecule has 2 N–H and O–H groups in total. The van der Waals surface area contributed by atoms with Crippen LogP contribution in [-0.4, -0.2) is 28.4 Å². The number of carbonyl (C=O) groups excluding carboxylic acids is 1. The molecular weight excluding hydrogens is 432 g/mol. The van der Waals surface area contributed by atoms with Gasteiger partial charge in [0.25, 0.3) is 0 Å². The molecule has 0 spiro atoms. The molecule has 1 aromatic heterocycles. The minimum Gasteiger partial charge on any atom is -0.550 e. The Morgan fingerprint density at radius 1 is 1.06 bits per heavy atom. The van der Waals surface area contributed by atoms with E-state index in [0.29, 0.717) is 5.92 Å². The number of thiophene rings is 1. The molecule has 0 unspecified atom stereocenters. The Hall–Kier alpha value is -1.95. The maximum atomic E-state index is 10.7. The minimum atomic E-state index is -1.31. The van der Waals surface area contributed by atoms with Crippen LogP contribution >= 0.6 is 11.3 Å². The van der Waals surface area contributed by atoms with Crippen molar-refractivity contribution in [2.24, 2.45) is 0 Å². The Morgan fingerprint density at radius 3 is 2.36 bits per heavy atom. The summed E-state index contributed by atoms with van der Waals surface area (Å²) in [6, 6.07) is 10.5. The van der Waals surface area contributed by atoms with E-state index in [9.17, 15) is 20.1 Å². The average Bonchev–Trinajstić information content (AvgIpc) is 3.13. The number of aliphatic carboxylic acids is 1. The van der Waals surface area contributed by atoms with Crippen LogP contribution in [0.2, 0.25) is 0 Å². The van der Waals surface area contributed by atoms with E-state index in [0.717, 1.165) is 18.4 Å². The molecule has 0 saturated carbocycles. The number of unbranched alkanes of at least 4 members (excludes halogenated alkanes) is 5. The van der Waals surface area contributed by atoms with Gasteiger partial charge in [0.1, 0.15) is 0 Å². The first-order valence-electron chi connectivity index (χ1n) is 12.3. The molecule has 1 heterocycles. The zero-order chi connectivity index (χ0) is 24.2. The van der Waals surface area contributed by atoms with E-state index in [1.165, 1.54) is 53.0 Å². The Bertz CT molecular complexity index is 870. The van der Waals surface area contributed by atoms with Gasteiger partial charge >= 0.3 is 0 Å². The van der Waals surface area contributed by atoms with Crippen LogP contribution in [0, 0.1) is 0 Å². The number of benzene rings is 1. The smallest absolute Gasteiger partial charge is 0.0748 e. The number of aliphatic hydroxyl groups is 2. The molecule has 2 rings (SSSR count). The van der Waals surface area contributed by atoms with Crippen molar-refractivity contribution in [1.29, 1.82) is 0 Å². The second kappa shape index (κ2) is 14.3. The van der Waals surface area contributed by atoms with Crippen LogP contribution in [0.15, 0.2) is 36.4 Å². The van der Waals surface area contributed by atoms with Crippen LogP contribution in [0.5, 0.6) is 0 Å². The van der Waals surface area contributed by atoms with Crippen LogP contribution in [0.3, 0.4) is 0 Å². The molecule has 0 fully saturated rings. The number of hydrogen-bond acceptors (Lipinski definition) is 5. The van der Waals surface area contributed by atoms with Gasteiger partial charge in [-0.05, 0) is 35.4 Å². The molecule has 0 aliphatic carbocycles. The SMILES string of the molecule is CCCCCCCCc1c(-c2ccccc2)sc(C(C)C)c1/C=C/[C@@H](O)C[C@@H](O)CC(=O)[O-]. The summed E-state index contributed by atoms with van der Waals surface area (Å²) in [5.74, 6) is -0.969. The highest BCUT2D eigenvalue weighted by molar-refractivity contribution is 7.16. The van der Waals surface area contributed by atoms with Gasteiger partial charge < -0.3 is 20.1 Å². The predicted octanol–water partition coefficient (Wildman–Crippen LogP) is 5.71. The van der Waals surface area contributed by atoms with E-state index in [4.69, 9.17) is 0 Å². The third-order valence-electron chi connectivity index (χ3n) is 5.82. The largest absolute Gasteiger partial charge is 0.550 e. The van der Waals surface area contributed by atoms with Crippen LogP contribution in [-0.2, 0) is 11.2 Å². The van der Waals surface area contributed by atoms with E-state index in [2.05, 4.69) is 45.0 Å². The molecule has 0 aliphatic heterocycles.